The van der Waals surface area contributed by atoms with Crippen molar-refractivity contribution in [2.24, 2.45) is 7.05 Å². The lowest BCUT2D eigenvalue weighted by Crippen LogP contribution is -2.28. The van der Waals surface area contributed by atoms with E-state index in [0.717, 1.165) is 60.2 Å². The first-order valence-electron chi connectivity index (χ1n) is 11.6. The van der Waals surface area contributed by atoms with Crippen LogP contribution in [0.3, 0.4) is 0 Å². The Balaban J connectivity index is 1.49. The zero-order chi connectivity index (χ0) is 22.9. The Morgan fingerprint density at radius 3 is 2.30 bits per heavy atom. The summed E-state index contributed by atoms with van der Waals surface area (Å²) in [5, 5.41) is 10.8. The molecule has 1 amide bonds. The van der Waals surface area contributed by atoms with Crippen molar-refractivity contribution < 1.29 is 14.7 Å². The van der Waals surface area contributed by atoms with Gasteiger partial charge in [-0.2, -0.15) is 9.97 Å². The normalized spacial score (nSPS) is 16.1. The highest BCUT2D eigenvalue weighted by Crippen LogP contribution is 2.35. The van der Waals surface area contributed by atoms with Crippen molar-refractivity contribution in [2.75, 3.05) is 49.6 Å². The number of likely N-dealkylation sites (N-methyl/N-ethyl adjacent to an activating group) is 1. The first-order valence-corrected chi connectivity index (χ1v) is 11.6. The van der Waals surface area contributed by atoms with Gasteiger partial charge >= 0.3 is 0 Å². The molecule has 0 spiro atoms. The molecule has 9 nitrogen and oxygen atoms in total. The zero-order valence-electron chi connectivity index (χ0n) is 19.2. The fraction of sp³-hybridized carbons (Fsp3) is 0.458. The average Bonchev–Trinajstić information content (AvgIpc) is 3.59. The van der Waals surface area contributed by atoms with Crippen LogP contribution in [-0.4, -0.2) is 70.5 Å². The molecule has 4 heterocycles. The Morgan fingerprint density at radius 1 is 1.03 bits per heavy atom. The molecule has 0 saturated carbocycles. The smallest absolute Gasteiger partial charge is 0.283 e. The Bertz CT molecular complexity index is 1150. The van der Waals surface area contributed by atoms with Gasteiger partial charge in [-0.25, -0.2) is 5.06 Å². The predicted octanol–water partition coefficient (Wildman–Crippen LogP) is 3.06. The SMILES string of the molecule is CN(O)C(=O)COc1ccc(-c2cc3c(N4CCCC4)nc(N4CCCC4)nc3n2C)cc1. The van der Waals surface area contributed by atoms with Crippen molar-refractivity contribution in [3.05, 3.63) is 30.3 Å². The maximum atomic E-state index is 11.5. The summed E-state index contributed by atoms with van der Waals surface area (Å²) in [6, 6.07) is 9.79. The Morgan fingerprint density at radius 2 is 1.67 bits per heavy atom. The van der Waals surface area contributed by atoms with Crippen LogP contribution in [-0.2, 0) is 11.8 Å². The van der Waals surface area contributed by atoms with Crippen molar-refractivity contribution >= 4 is 28.7 Å². The minimum absolute atomic E-state index is 0.214. The molecule has 1 aromatic carbocycles. The Hall–Kier alpha value is -3.33. The number of hydrogen-bond acceptors (Lipinski definition) is 7. The Kier molecular flexibility index (Phi) is 5.80. The fourth-order valence-corrected chi connectivity index (χ4v) is 4.63. The number of amides is 1. The molecule has 2 fully saturated rings. The molecule has 2 saturated heterocycles. The van der Waals surface area contributed by atoms with Gasteiger partial charge in [-0.3, -0.25) is 10.0 Å². The van der Waals surface area contributed by atoms with Crippen molar-refractivity contribution in [1.82, 2.24) is 19.6 Å². The lowest BCUT2D eigenvalue weighted by atomic mass is 10.1. The van der Waals surface area contributed by atoms with E-state index >= 15 is 0 Å². The standard InChI is InChI=1S/C24H30N6O3/c1-27-20(17-7-9-18(10-8-17)33-16-21(31)28(2)32)15-19-22(27)25-24(30-13-5-6-14-30)26-23(19)29-11-3-4-12-29/h7-10,15,32H,3-6,11-14,16H2,1-2H3. The van der Waals surface area contributed by atoms with Gasteiger partial charge in [-0.05, 0) is 61.6 Å². The van der Waals surface area contributed by atoms with Crippen LogP contribution >= 0.6 is 0 Å². The number of carbonyl (C=O) groups excluding carboxylic acids is 1. The molecular weight excluding hydrogens is 420 g/mol. The summed E-state index contributed by atoms with van der Waals surface area (Å²) in [7, 11) is 3.33. The zero-order valence-corrected chi connectivity index (χ0v) is 19.2. The molecule has 0 aliphatic carbocycles. The van der Waals surface area contributed by atoms with E-state index in [4.69, 9.17) is 19.9 Å². The fourth-order valence-electron chi connectivity index (χ4n) is 4.63. The number of hydrogen-bond donors (Lipinski definition) is 1. The summed E-state index contributed by atoms with van der Waals surface area (Å²) in [5.41, 5.74) is 3.03. The van der Waals surface area contributed by atoms with E-state index in [9.17, 15) is 4.79 Å². The molecule has 2 aliphatic rings. The van der Waals surface area contributed by atoms with E-state index in [0.29, 0.717) is 10.8 Å². The minimum atomic E-state index is -0.505. The molecular formula is C24H30N6O3. The van der Waals surface area contributed by atoms with Gasteiger partial charge in [-0.1, -0.05) is 0 Å². The number of benzene rings is 1. The molecule has 33 heavy (non-hydrogen) atoms. The quantitative estimate of drug-likeness (QED) is 0.456. The molecule has 9 heteroatoms. The van der Waals surface area contributed by atoms with Crippen molar-refractivity contribution in [3.8, 4) is 17.0 Å². The molecule has 5 rings (SSSR count). The van der Waals surface area contributed by atoms with Crippen LogP contribution in [0.1, 0.15) is 25.7 Å². The van der Waals surface area contributed by atoms with E-state index in [1.165, 1.54) is 32.7 Å². The second kappa shape index (κ2) is 8.90. The van der Waals surface area contributed by atoms with E-state index < -0.39 is 5.91 Å². The number of fused-ring (bicyclic) bond motifs is 1. The topological polar surface area (TPSA) is 87.0 Å². The number of carbonyl (C=O) groups is 1. The minimum Gasteiger partial charge on any atom is -0.484 e. The van der Waals surface area contributed by atoms with E-state index in [-0.39, 0.29) is 6.61 Å². The van der Waals surface area contributed by atoms with Crippen LogP contribution < -0.4 is 14.5 Å². The summed E-state index contributed by atoms with van der Waals surface area (Å²) in [4.78, 5) is 26.2. The first-order chi connectivity index (χ1) is 16.0. The van der Waals surface area contributed by atoms with Crippen LogP contribution in [0, 0.1) is 0 Å². The molecule has 2 aliphatic heterocycles. The summed E-state index contributed by atoms with van der Waals surface area (Å²) < 4.78 is 7.61. The Labute approximate surface area is 193 Å². The van der Waals surface area contributed by atoms with Gasteiger partial charge in [0, 0.05) is 40.3 Å². The maximum Gasteiger partial charge on any atom is 0.283 e. The third-order valence-corrected chi connectivity index (χ3v) is 6.52. The summed E-state index contributed by atoms with van der Waals surface area (Å²) in [5.74, 6) is 1.93. The number of aromatic nitrogens is 3. The van der Waals surface area contributed by atoms with Crippen molar-refractivity contribution in [2.45, 2.75) is 25.7 Å². The number of ether oxygens (including phenoxy) is 1. The van der Waals surface area contributed by atoms with Gasteiger partial charge in [-0.15, -0.1) is 0 Å². The molecule has 0 radical (unpaired) electrons. The molecule has 0 bridgehead atoms. The molecule has 0 atom stereocenters. The third kappa shape index (κ3) is 4.20. The van der Waals surface area contributed by atoms with E-state index in [2.05, 4.69) is 20.4 Å². The van der Waals surface area contributed by atoms with Gasteiger partial charge in [0.2, 0.25) is 5.95 Å². The van der Waals surface area contributed by atoms with Gasteiger partial charge in [0.05, 0.1) is 11.1 Å². The van der Waals surface area contributed by atoms with Crippen molar-refractivity contribution in [3.63, 3.8) is 0 Å². The summed E-state index contributed by atoms with van der Waals surface area (Å²) in [6.07, 6.45) is 4.77. The van der Waals surface area contributed by atoms with Crippen LogP contribution in [0.25, 0.3) is 22.3 Å². The second-order valence-corrected chi connectivity index (χ2v) is 8.79. The van der Waals surface area contributed by atoms with Gasteiger partial charge in [0.15, 0.2) is 6.61 Å². The van der Waals surface area contributed by atoms with Gasteiger partial charge < -0.3 is 19.1 Å². The molecule has 3 aromatic rings. The third-order valence-electron chi connectivity index (χ3n) is 6.52. The van der Waals surface area contributed by atoms with E-state index in [1.54, 1.807) is 0 Å². The highest BCUT2D eigenvalue weighted by atomic mass is 16.5. The van der Waals surface area contributed by atoms with Crippen LogP contribution in [0.2, 0.25) is 0 Å². The summed E-state index contributed by atoms with van der Waals surface area (Å²) in [6.45, 7) is 3.87. The van der Waals surface area contributed by atoms with Crippen LogP contribution in [0.5, 0.6) is 5.75 Å². The summed E-state index contributed by atoms with van der Waals surface area (Å²) >= 11 is 0. The lowest BCUT2D eigenvalue weighted by Gasteiger charge is -2.21. The highest BCUT2D eigenvalue weighted by Gasteiger charge is 2.24. The van der Waals surface area contributed by atoms with Crippen molar-refractivity contribution in [1.29, 1.82) is 0 Å². The maximum absolute atomic E-state index is 11.5. The number of aryl methyl sites for hydroxylation is 1. The number of hydroxylamine groups is 2. The lowest BCUT2D eigenvalue weighted by molar-refractivity contribution is -0.161. The molecule has 1 N–H and O–H groups in total. The number of nitrogens with zero attached hydrogens (tertiary/aromatic N) is 6. The van der Waals surface area contributed by atoms with Gasteiger partial charge in [0.25, 0.3) is 5.91 Å². The molecule has 2 aromatic heterocycles. The molecule has 174 valence electrons. The van der Waals surface area contributed by atoms with Crippen LogP contribution in [0.15, 0.2) is 30.3 Å². The highest BCUT2D eigenvalue weighted by molar-refractivity contribution is 5.94. The van der Waals surface area contributed by atoms with E-state index in [1.807, 2.05) is 31.3 Å². The van der Waals surface area contributed by atoms with Crippen LogP contribution in [0.4, 0.5) is 11.8 Å². The average molecular weight is 451 g/mol. The number of rotatable bonds is 6. The second-order valence-electron chi connectivity index (χ2n) is 8.79. The first kappa shape index (κ1) is 21.5. The largest absolute Gasteiger partial charge is 0.484 e. The predicted molar refractivity (Wildman–Crippen MR) is 127 cm³/mol. The number of anilines is 2. The monoisotopic (exact) mass is 450 g/mol. The molecule has 0 unspecified atom stereocenters. The van der Waals surface area contributed by atoms with Gasteiger partial charge in [0.1, 0.15) is 17.2 Å².